The minimum Gasteiger partial charge on any atom is -0.310 e. The molecule has 1 N–H and O–H groups in total. The highest BCUT2D eigenvalue weighted by atomic mass is 35.5. The summed E-state index contributed by atoms with van der Waals surface area (Å²) in [6.07, 6.45) is 11.7. The molecule has 18 heavy (non-hydrogen) atoms. The molecule has 2 nitrogen and oxygen atoms in total. The summed E-state index contributed by atoms with van der Waals surface area (Å²) in [7, 11) is 0. The molecule has 1 unspecified atom stereocenters. The molecule has 0 amide bonds. The van der Waals surface area contributed by atoms with Crippen LogP contribution in [0.1, 0.15) is 51.0 Å². The van der Waals surface area contributed by atoms with Crippen molar-refractivity contribution in [2.45, 2.75) is 58.0 Å². The number of nitrogens with zero attached hydrogens (tertiary/aromatic N) is 1. The van der Waals surface area contributed by atoms with Gasteiger partial charge in [-0.1, -0.05) is 37.8 Å². The SMILES string of the molecule is CCC(NCc1ccncc1Cl)C1CCCCC1. The van der Waals surface area contributed by atoms with E-state index in [1.54, 1.807) is 6.20 Å². The van der Waals surface area contributed by atoms with Crippen molar-refractivity contribution in [1.82, 2.24) is 10.3 Å². The van der Waals surface area contributed by atoms with Gasteiger partial charge in [0.15, 0.2) is 0 Å². The van der Waals surface area contributed by atoms with Gasteiger partial charge in [0.05, 0.1) is 5.02 Å². The zero-order valence-corrected chi connectivity index (χ0v) is 11.9. The molecule has 0 aromatic carbocycles. The Kier molecular flexibility index (Phi) is 5.45. The number of pyridine rings is 1. The van der Waals surface area contributed by atoms with Gasteiger partial charge in [-0.25, -0.2) is 0 Å². The highest BCUT2D eigenvalue weighted by Crippen LogP contribution is 2.28. The molecule has 0 spiro atoms. The Labute approximate surface area is 115 Å². The van der Waals surface area contributed by atoms with Crippen molar-refractivity contribution in [3.63, 3.8) is 0 Å². The van der Waals surface area contributed by atoms with Crippen molar-refractivity contribution in [1.29, 1.82) is 0 Å². The lowest BCUT2D eigenvalue weighted by Gasteiger charge is -2.30. The maximum absolute atomic E-state index is 6.13. The molecule has 1 saturated carbocycles. The van der Waals surface area contributed by atoms with E-state index in [0.717, 1.165) is 23.0 Å². The third-order valence-corrected chi connectivity index (χ3v) is 4.41. The van der Waals surface area contributed by atoms with Crippen LogP contribution in [0.2, 0.25) is 5.02 Å². The van der Waals surface area contributed by atoms with E-state index in [2.05, 4.69) is 17.2 Å². The lowest BCUT2D eigenvalue weighted by atomic mass is 9.83. The van der Waals surface area contributed by atoms with E-state index in [1.165, 1.54) is 38.5 Å². The standard InChI is InChI=1S/C15H23ClN2/c1-2-15(12-6-4-3-5-7-12)18-10-13-8-9-17-11-14(13)16/h8-9,11-12,15,18H,2-7,10H2,1H3. The van der Waals surface area contributed by atoms with E-state index in [4.69, 9.17) is 11.6 Å². The number of aromatic nitrogens is 1. The first-order valence-corrected chi connectivity index (χ1v) is 7.50. The quantitative estimate of drug-likeness (QED) is 0.865. The third kappa shape index (κ3) is 3.69. The predicted molar refractivity (Wildman–Crippen MR) is 76.7 cm³/mol. The molecule has 0 radical (unpaired) electrons. The summed E-state index contributed by atoms with van der Waals surface area (Å²) < 4.78 is 0. The van der Waals surface area contributed by atoms with Crippen LogP contribution in [0.3, 0.4) is 0 Å². The van der Waals surface area contributed by atoms with Crippen LogP contribution in [-0.4, -0.2) is 11.0 Å². The number of hydrogen-bond donors (Lipinski definition) is 1. The molecule has 0 aliphatic heterocycles. The van der Waals surface area contributed by atoms with Gasteiger partial charge in [0.2, 0.25) is 0 Å². The summed E-state index contributed by atoms with van der Waals surface area (Å²) in [5, 5.41) is 4.45. The second kappa shape index (κ2) is 7.10. The molecule has 100 valence electrons. The molecule has 1 heterocycles. The normalized spacial score (nSPS) is 18.8. The van der Waals surface area contributed by atoms with Gasteiger partial charge < -0.3 is 5.32 Å². The molecule has 0 bridgehead atoms. The fraction of sp³-hybridized carbons (Fsp3) is 0.667. The van der Waals surface area contributed by atoms with Crippen LogP contribution in [0, 0.1) is 5.92 Å². The summed E-state index contributed by atoms with van der Waals surface area (Å²) in [6.45, 7) is 3.14. The maximum Gasteiger partial charge on any atom is 0.0634 e. The van der Waals surface area contributed by atoms with Crippen molar-refractivity contribution in [3.05, 3.63) is 29.0 Å². The van der Waals surface area contributed by atoms with E-state index in [1.807, 2.05) is 12.3 Å². The molecular formula is C15H23ClN2. The van der Waals surface area contributed by atoms with Gasteiger partial charge in [0.25, 0.3) is 0 Å². The van der Waals surface area contributed by atoms with Gasteiger partial charge in [0, 0.05) is 25.0 Å². The van der Waals surface area contributed by atoms with Crippen molar-refractivity contribution in [2.24, 2.45) is 5.92 Å². The van der Waals surface area contributed by atoms with Crippen molar-refractivity contribution >= 4 is 11.6 Å². The van der Waals surface area contributed by atoms with Crippen LogP contribution in [0.25, 0.3) is 0 Å². The van der Waals surface area contributed by atoms with Crippen molar-refractivity contribution in [2.75, 3.05) is 0 Å². The topological polar surface area (TPSA) is 24.9 Å². The van der Waals surface area contributed by atoms with E-state index >= 15 is 0 Å². The Bertz CT molecular complexity index is 361. The van der Waals surface area contributed by atoms with Gasteiger partial charge >= 0.3 is 0 Å². The van der Waals surface area contributed by atoms with Crippen LogP contribution in [0.5, 0.6) is 0 Å². The monoisotopic (exact) mass is 266 g/mol. The van der Waals surface area contributed by atoms with E-state index < -0.39 is 0 Å². The lowest BCUT2D eigenvalue weighted by Crippen LogP contribution is -2.36. The Hall–Kier alpha value is -0.600. The second-order valence-corrected chi connectivity index (χ2v) is 5.67. The van der Waals surface area contributed by atoms with Crippen LogP contribution in [-0.2, 0) is 6.54 Å². The highest BCUT2D eigenvalue weighted by Gasteiger charge is 2.21. The first-order chi connectivity index (χ1) is 8.81. The minimum absolute atomic E-state index is 0.634. The third-order valence-electron chi connectivity index (χ3n) is 4.07. The fourth-order valence-electron chi connectivity index (χ4n) is 2.97. The molecule has 0 saturated heterocycles. The molecule has 1 aromatic rings. The van der Waals surface area contributed by atoms with Crippen LogP contribution < -0.4 is 5.32 Å². The zero-order valence-electron chi connectivity index (χ0n) is 11.2. The molecule has 2 rings (SSSR count). The maximum atomic E-state index is 6.13. The molecule has 3 heteroatoms. The Morgan fingerprint density at radius 3 is 2.83 bits per heavy atom. The first-order valence-electron chi connectivity index (χ1n) is 7.13. The summed E-state index contributed by atoms with van der Waals surface area (Å²) >= 11 is 6.13. The van der Waals surface area contributed by atoms with E-state index in [0.29, 0.717) is 6.04 Å². The van der Waals surface area contributed by atoms with Crippen LogP contribution in [0.15, 0.2) is 18.5 Å². The van der Waals surface area contributed by atoms with Crippen molar-refractivity contribution < 1.29 is 0 Å². The smallest absolute Gasteiger partial charge is 0.0634 e. The average Bonchev–Trinajstić information content (AvgIpc) is 2.42. The van der Waals surface area contributed by atoms with Crippen LogP contribution >= 0.6 is 11.6 Å². The Morgan fingerprint density at radius 2 is 2.17 bits per heavy atom. The average molecular weight is 267 g/mol. The van der Waals surface area contributed by atoms with Crippen molar-refractivity contribution in [3.8, 4) is 0 Å². The lowest BCUT2D eigenvalue weighted by molar-refractivity contribution is 0.262. The van der Waals surface area contributed by atoms with Gasteiger partial charge in [-0.3, -0.25) is 4.98 Å². The minimum atomic E-state index is 0.634. The number of hydrogen-bond acceptors (Lipinski definition) is 2. The number of rotatable bonds is 5. The van der Waals surface area contributed by atoms with Gasteiger partial charge in [-0.2, -0.15) is 0 Å². The van der Waals surface area contributed by atoms with Gasteiger partial charge in [-0.15, -0.1) is 0 Å². The first kappa shape index (κ1) is 13.8. The van der Waals surface area contributed by atoms with Gasteiger partial charge in [-0.05, 0) is 36.8 Å². The Balaban J connectivity index is 1.88. The molecule has 1 atom stereocenters. The molecule has 1 aromatic heterocycles. The number of nitrogens with one attached hydrogen (secondary N) is 1. The summed E-state index contributed by atoms with van der Waals surface area (Å²) in [5.74, 6) is 0.851. The van der Waals surface area contributed by atoms with E-state index in [9.17, 15) is 0 Å². The molecule has 1 aliphatic rings. The zero-order chi connectivity index (χ0) is 12.8. The Morgan fingerprint density at radius 1 is 1.39 bits per heavy atom. The summed E-state index contributed by atoms with van der Waals surface area (Å²) in [4.78, 5) is 4.02. The molecule has 1 fully saturated rings. The fourth-order valence-corrected chi connectivity index (χ4v) is 3.16. The second-order valence-electron chi connectivity index (χ2n) is 5.26. The summed E-state index contributed by atoms with van der Waals surface area (Å²) in [6, 6.07) is 2.64. The molecular weight excluding hydrogens is 244 g/mol. The highest BCUT2D eigenvalue weighted by molar-refractivity contribution is 6.31. The van der Waals surface area contributed by atoms with Crippen LogP contribution in [0.4, 0.5) is 0 Å². The van der Waals surface area contributed by atoms with E-state index in [-0.39, 0.29) is 0 Å². The predicted octanol–water partition coefficient (Wildman–Crippen LogP) is 4.18. The molecule has 1 aliphatic carbocycles. The van der Waals surface area contributed by atoms with Gasteiger partial charge in [0.1, 0.15) is 0 Å². The number of halogens is 1. The largest absolute Gasteiger partial charge is 0.310 e. The summed E-state index contributed by atoms with van der Waals surface area (Å²) in [5.41, 5.74) is 1.15.